The van der Waals surface area contributed by atoms with Crippen molar-refractivity contribution in [3.05, 3.63) is 90.5 Å². The second-order valence-electron chi connectivity index (χ2n) is 7.22. The summed E-state index contributed by atoms with van der Waals surface area (Å²) in [5.41, 5.74) is 3.65. The Hall–Kier alpha value is -3.91. The van der Waals surface area contributed by atoms with Crippen molar-refractivity contribution in [1.29, 1.82) is 0 Å². The van der Waals surface area contributed by atoms with Gasteiger partial charge in [-0.3, -0.25) is 4.79 Å². The summed E-state index contributed by atoms with van der Waals surface area (Å²) >= 11 is 0. The fourth-order valence-corrected chi connectivity index (χ4v) is 4.02. The van der Waals surface area contributed by atoms with Crippen LogP contribution in [-0.4, -0.2) is 24.1 Å². The van der Waals surface area contributed by atoms with Crippen molar-refractivity contribution in [2.45, 2.75) is 18.7 Å². The van der Waals surface area contributed by atoms with Crippen LogP contribution in [-0.2, 0) is 14.9 Å². The number of benzene rings is 3. The molecule has 1 aromatic heterocycles. The van der Waals surface area contributed by atoms with E-state index in [9.17, 15) is 13.2 Å². The van der Waals surface area contributed by atoms with Crippen LogP contribution in [0.25, 0.3) is 16.9 Å². The van der Waals surface area contributed by atoms with Gasteiger partial charge in [0.2, 0.25) is 11.8 Å². The van der Waals surface area contributed by atoms with Crippen molar-refractivity contribution < 1.29 is 17.4 Å². The van der Waals surface area contributed by atoms with Crippen LogP contribution >= 0.6 is 0 Å². The lowest BCUT2D eigenvalue weighted by Gasteiger charge is -2.10. The van der Waals surface area contributed by atoms with E-state index in [2.05, 4.69) is 10.4 Å². The number of nitrogens with zero attached hydrogens (tertiary/aromatic N) is 2. The third-order valence-corrected chi connectivity index (χ3v) is 5.92. The highest BCUT2D eigenvalue weighted by molar-refractivity contribution is 7.87. The summed E-state index contributed by atoms with van der Waals surface area (Å²) in [4.78, 5) is 11.1. The zero-order valence-corrected chi connectivity index (χ0v) is 18.3. The summed E-state index contributed by atoms with van der Waals surface area (Å²) in [5.74, 6) is -0.175. The lowest BCUT2D eigenvalue weighted by molar-refractivity contribution is -0.114. The molecule has 1 heterocycles. The van der Waals surface area contributed by atoms with E-state index in [0.717, 1.165) is 11.1 Å². The van der Waals surface area contributed by atoms with Gasteiger partial charge in [-0.1, -0.05) is 48.0 Å². The van der Waals surface area contributed by atoms with Gasteiger partial charge in [-0.2, -0.15) is 18.2 Å². The number of aryl methyl sites for hydroxylation is 1. The van der Waals surface area contributed by atoms with Gasteiger partial charge in [0.25, 0.3) is 0 Å². The minimum absolute atomic E-state index is 0.0375. The number of hydrogen-bond donors (Lipinski definition) is 1. The molecule has 0 atom stereocenters. The molecule has 0 saturated heterocycles. The average Bonchev–Trinajstić information content (AvgIpc) is 3.18. The molecule has 0 aliphatic carbocycles. The lowest BCUT2D eigenvalue weighted by Crippen LogP contribution is -2.13. The highest BCUT2D eigenvalue weighted by Gasteiger charge is 2.22. The van der Waals surface area contributed by atoms with Crippen LogP contribution in [0.15, 0.2) is 89.8 Å². The molecule has 4 aromatic rings. The van der Waals surface area contributed by atoms with Gasteiger partial charge in [-0.15, -0.1) is 0 Å². The second-order valence-corrected chi connectivity index (χ2v) is 8.77. The molecule has 162 valence electrons. The molecule has 0 fully saturated rings. The van der Waals surface area contributed by atoms with Gasteiger partial charge in [0, 0.05) is 24.2 Å². The molecule has 0 aliphatic heterocycles. The first-order valence-corrected chi connectivity index (χ1v) is 11.3. The van der Waals surface area contributed by atoms with E-state index in [1.54, 1.807) is 6.07 Å². The van der Waals surface area contributed by atoms with Gasteiger partial charge in [0.1, 0.15) is 4.90 Å². The summed E-state index contributed by atoms with van der Waals surface area (Å²) in [6.45, 7) is 3.35. The Morgan fingerprint density at radius 2 is 1.59 bits per heavy atom. The fourth-order valence-electron chi connectivity index (χ4n) is 3.11. The van der Waals surface area contributed by atoms with Gasteiger partial charge >= 0.3 is 10.1 Å². The van der Waals surface area contributed by atoms with E-state index in [0.29, 0.717) is 17.1 Å². The van der Waals surface area contributed by atoms with Crippen LogP contribution in [0.4, 0.5) is 5.69 Å². The molecule has 1 N–H and O–H groups in total. The van der Waals surface area contributed by atoms with Crippen LogP contribution in [0, 0.1) is 6.92 Å². The molecule has 0 aliphatic rings. The molecule has 0 unspecified atom stereocenters. The van der Waals surface area contributed by atoms with Crippen LogP contribution in [0.2, 0.25) is 0 Å². The Morgan fingerprint density at radius 3 is 2.22 bits per heavy atom. The molecule has 4 rings (SSSR count). The molecule has 0 saturated carbocycles. The molecule has 0 radical (unpaired) electrons. The predicted octanol–water partition coefficient (Wildman–Crippen LogP) is 4.57. The van der Waals surface area contributed by atoms with E-state index >= 15 is 0 Å². The third-order valence-electron chi connectivity index (χ3n) is 4.68. The zero-order chi connectivity index (χ0) is 22.7. The largest absolute Gasteiger partial charge is 0.358 e. The number of anilines is 1. The first-order chi connectivity index (χ1) is 15.3. The summed E-state index contributed by atoms with van der Waals surface area (Å²) in [6, 6.07) is 24.3. The van der Waals surface area contributed by atoms with Crippen LogP contribution in [0.3, 0.4) is 0 Å². The minimum atomic E-state index is -4.14. The normalized spacial score (nSPS) is 11.2. The molecule has 1 amide bonds. The number of amides is 1. The Morgan fingerprint density at radius 1 is 0.938 bits per heavy atom. The van der Waals surface area contributed by atoms with Crippen molar-refractivity contribution in [2.75, 3.05) is 5.32 Å². The Balaban J connectivity index is 1.72. The number of carbonyl (C=O) groups excluding carboxylic acids is 1. The summed E-state index contributed by atoms with van der Waals surface area (Å²) in [7, 11) is -4.14. The maximum Gasteiger partial charge on any atom is 0.340 e. The van der Waals surface area contributed by atoms with E-state index in [-0.39, 0.29) is 16.7 Å². The zero-order valence-electron chi connectivity index (χ0n) is 17.5. The van der Waals surface area contributed by atoms with Crippen LogP contribution in [0.5, 0.6) is 5.88 Å². The topological polar surface area (TPSA) is 90.3 Å². The van der Waals surface area contributed by atoms with Crippen molar-refractivity contribution in [1.82, 2.24) is 9.78 Å². The van der Waals surface area contributed by atoms with E-state index in [1.165, 1.54) is 35.9 Å². The smallest absolute Gasteiger partial charge is 0.340 e. The molecule has 32 heavy (non-hydrogen) atoms. The van der Waals surface area contributed by atoms with Gasteiger partial charge in [0.05, 0.1) is 11.4 Å². The van der Waals surface area contributed by atoms with Crippen molar-refractivity contribution in [3.63, 3.8) is 0 Å². The quantitative estimate of drug-likeness (QED) is 0.437. The number of hydrogen-bond acceptors (Lipinski definition) is 5. The SMILES string of the molecule is CC(=O)Nc1ccc(S(=O)(=O)Oc2cc(-c3ccccc3)nn2-c2ccc(C)cc2)cc1. The molecule has 7 nitrogen and oxygen atoms in total. The molecular formula is C24H21N3O4S. The van der Waals surface area contributed by atoms with Crippen molar-refractivity contribution >= 4 is 21.7 Å². The Kier molecular flexibility index (Phi) is 5.79. The highest BCUT2D eigenvalue weighted by atomic mass is 32.2. The number of aromatic nitrogens is 2. The van der Waals surface area contributed by atoms with Crippen molar-refractivity contribution in [2.24, 2.45) is 0 Å². The summed E-state index contributed by atoms with van der Waals surface area (Å²) in [5, 5.41) is 7.19. The number of nitrogens with one attached hydrogen (secondary N) is 1. The third kappa shape index (κ3) is 4.70. The first-order valence-electron chi connectivity index (χ1n) is 9.86. The fraction of sp³-hybridized carbons (Fsp3) is 0.0833. The van der Waals surface area contributed by atoms with Gasteiger partial charge in [-0.05, 0) is 43.3 Å². The molecule has 8 heteroatoms. The van der Waals surface area contributed by atoms with E-state index in [1.807, 2.05) is 61.5 Å². The van der Waals surface area contributed by atoms with Crippen LogP contribution < -0.4 is 9.50 Å². The monoisotopic (exact) mass is 447 g/mol. The lowest BCUT2D eigenvalue weighted by atomic mass is 10.2. The van der Waals surface area contributed by atoms with Gasteiger partial charge in [-0.25, -0.2) is 0 Å². The minimum Gasteiger partial charge on any atom is -0.358 e. The predicted molar refractivity (Wildman–Crippen MR) is 122 cm³/mol. The number of carbonyl (C=O) groups is 1. The maximum atomic E-state index is 13.0. The Bertz CT molecular complexity index is 1340. The number of rotatable bonds is 6. The molecule has 0 spiro atoms. The standard InChI is InChI=1S/C24H21N3O4S/c1-17-8-12-21(13-9-17)27-24(16-23(26-27)19-6-4-3-5-7-19)31-32(29,30)22-14-10-20(11-15-22)25-18(2)28/h3-16H,1-2H3,(H,25,28). The van der Waals surface area contributed by atoms with E-state index < -0.39 is 10.1 Å². The first kappa shape index (κ1) is 21.3. The van der Waals surface area contributed by atoms with Gasteiger partial charge in [0.15, 0.2) is 0 Å². The second kappa shape index (κ2) is 8.68. The Labute approximate surface area is 186 Å². The van der Waals surface area contributed by atoms with Gasteiger partial charge < -0.3 is 9.50 Å². The summed E-state index contributed by atoms with van der Waals surface area (Å²) in [6.07, 6.45) is 0. The molecule has 0 bridgehead atoms. The van der Waals surface area contributed by atoms with Crippen LogP contribution in [0.1, 0.15) is 12.5 Å². The molecule has 3 aromatic carbocycles. The highest BCUT2D eigenvalue weighted by Crippen LogP contribution is 2.29. The summed E-state index contributed by atoms with van der Waals surface area (Å²) < 4.78 is 32.9. The van der Waals surface area contributed by atoms with E-state index in [4.69, 9.17) is 4.18 Å². The maximum absolute atomic E-state index is 13.0. The van der Waals surface area contributed by atoms with Crippen molar-refractivity contribution in [3.8, 4) is 22.8 Å². The average molecular weight is 448 g/mol. The molecular weight excluding hydrogens is 426 g/mol.